The molecule has 0 saturated carbocycles. The zero-order valence-corrected chi connectivity index (χ0v) is 13.5. The molecule has 0 unspecified atom stereocenters. The summed E-state index contributed by atoms with van der Waals surface area (Å²) in [7, 11) is 1.84. The number of nitrogens with one attached hydrogen (secondary N) is 2. The van der Waals surface area contributed by atoms with E-state index in [-0.39, 0.29) is 5.91 Å². The average molecular weight is 311 g/mol. The lowest BCUT2D eigenvalue weighted by molar-refractivity contribution is 0.102. The van der Waals surface area contributed by atoms with Crippen molar-refractivity contribution in [2.75, 3.05) is 17.7 Å². The van der Waals surface area contributed by atoms with Gasteiger partial charge < -0.3 is 10.6 Å². The molecule has 0 bridgehead atoms. The highest BCUT2D eigenvalue weighted by atomic mass is 32.1. The SMILES string of the molecule is CNc1nc2ccc(C(=O)Nc3c(C)cccc3C)cc2s1. The lowest BCUT2D eigenvalue weighted by Gasteiger charge is -2.11. The van der Waals surface area contributed by atoms with Gasteiger partial charge in [-0.1, -0.05) is 29.5 Å². The van der Waals surface area contributed by atoms with Crippen molar-refractivity contribution in [2.24, 2.45) is 0 Å². The van der Waals surface area contributed by atoms with Gasteiger partial charge in [-0.15, -0.1) is 0 Å². The first-order valence-corrected chi connectivity index (χ1v) is 7.86. The number of anilines is 2. The van der Waals surface area contributed by atoms with Gasteiger partial charge in [0.25, 0.3) is 5.91 Å². The third kappa shape index (κ3) is 2.67. The van der Waals surface area contributed by atoms with Crippen molar-refractivity contribution in [3.8, 4) is 0 Å². The van der Waals surface area contributed by atoms with Crippen molar-refractivity contribution < 1.29 is 4.79 Å². The van der Waals surface area contributed by atoms with E-state index < -0.39 is 0 Å². The summed E-state index contributed by atoms with van der Waals surface area (Å²) in [6, 6.07) is 11.6. The summed E-state index contributed by atoms with van der Waals surface area (Å²) in [4.78, 5) is 16.9. The molecule has 0 aliphatic rings. The minimum Gasteiger partial charge on any atom is -0.365 e. The van der Waals surface area contributed by atoms with Crippen LogP contribution >= 0.6 is 11.3 Å². The monoisotopic (exact) mass is 311 g/mol. The van der Waals surface area contributed by atoms with Crippen LogP contribution in [0.1, 0.15) is 21.5 Å². The highest BCUT2D eigenvalue weighted by Crippen LogP contribution is 2.27. The van der Waals surface area contributed by atoms with E-state index >= 15 is 0 Å². The van der Waals surface area contributed by atoms with E-state index in [1.165, 1.54) is 11.3 Å². The number of aryl methyl sites for hydroxylation is 2. The maximum Gasteiger partial charge on any atom is 0.255 e. The topological polar surface area (TPSA) is 54.0 Å². The lowest BCUT2D eigenvalue weighted by Crippen LogP contribution is -2.13. The minimum absolute atomic E-state index is 0.0984. The van der Waals surface area contributed by atoms with Crippen molar-refractivity contribution in [3.63, 3.8) is 0 Å². The van der Waals surface area contributed by atoms with E-state index in [1.54, 1.807) is 0 Å². The maximum atomic E-state index is 12.5. The molecule has 1 amide bonds. The Kier molecular flexibility index (Phi) is 3.81. The molecule has 0 aliphatic carbocycles. The molecule has 0 saturated heterocycles. The van der Waals surface area contributed by atoms with Crippen molar-refractivity contribution >= 4 is 38.3 Å². The highest BCUT2D eigenvalue weighted by Gasteiger charge is 2.11. The third-order valence-corrected chi connectivity index (χ3v) is 4.62. The summed E-state index contributed by atoms with van der Waals surface area (Å²) >= 11 is 1.54. The summed E-state index contributed by atoms with van der Waals surface area (Å²) in [6.07, 6.45) is 0. The van der Waals surface area contributed by atoms with Crippen LogP contribution in [0.3, 0.4) is 0 Å². The van der Waals surface area contributed by atoms with Crippen LogP contribution in [0.5, 0.6) is 0 Å². The standard InChI is InChI=1S/C17H17N3OS/c1-10-5-4-6-11(2)15(10)20-16(21)12-7-8-13-14(9-12)22-17(18-3)19-13/h4-9H,1-3H3,(H,18,19)(H,20,21). The Labute approximate surface area is 133 Å². The molecule has 0 fully saturated rings. The Bertz CT molecular complexity index is 834. The third-order valence-electron chi connectivity index (χ3n) is 3.58. The molecule has 0 atom stereocenters. The molecule has 22 heavy (non-hydrogen) atoms. The van der Waals surface area contributed by atoms with E-state index in [2.05, 4.69) is 15.6 Å². The van der Waals surface area contributed by atoms with E-state index in [1.807, 2.05) is 57.3 Å². The van der Waals surface area contributed by atoms with E-state index in [9.17, 15) is 4.79 Å². The molecule has 0 aliphatic heterocycles. The predicted octanol–water partition coefficient (Wildman–Crippen LogP) is 4.21. The van der Waals surface area contributed by atoms with Gasteiger partial charge in [0, 0.05) is 18.3 Å². The molecule has 0 spiro atoms. The van der Waals surface area contributed by atoms with Crippen molar-refractivity contribution in [1.82, 2.24) is 4.98 Å². The Hall–Kier alpha value is -2.40. The first-order valence-electron chi connectivity index (χ1n) is 7.04. The van der Waals surface area contributed by atoms with Gasteiger partial charge in [-0.2, -0.15) is 0 Å². The molecule has 112 valence electrons. The van der Waals surface area contributed by atoms with Crippen LogP contribution in [0.25, 0.3) is 10.2 Å². The van der Waals surface area contributed by atoms with Gasteiger partial charge in [0.15, 0.2) is 5.13 Å². The maximum absolute atomic E-state index is 12.5. The van der Waals surface area contributed by atoms with Gasteiger partial charge in [0.05, 0.1) is 10.2 Å². The number of thiazole rings is 1. The fraction of sp³-hybridized carbons (Fsp3) is 0.176. The van der Waals surface area contributed by atoms with Gasteiger partial charge in [0.1, 0.15) is 0 Å². The quantitative estimate of drug-likeness (QED) is 0.762. The molecule has 3 aromatic rings. The zero-order chi connectivity index (χ0) is 15.7. The van der Waals surface area contributed by atoms with Crippen LogP contribution in [-0.2, 0) is 0 Å². The first-order chi connectivity index (χ1) is 10.6. The second kappa shape index (κ2) is 5.77. The lowest BCUT2D eigenvalue weighted by atomic mass is 10.1. The molecule has 1 aromatic heterocycles. The van der Waals surface area contributed by atoms with Crippen LogP contribution in [0, 0.1) is 13.8 Å². The fourth-order valence-corrected chi connectivity index (χ4v) is 3.23. The average Bonchev–Trinajstić information content (AvgIpc) is 2.93. The van der Waals surface area contributed by atoms with Crippen LogP contribution in [-0.4, -0.2) is 17.9 Å². The Morgan fingerprint density at radius 3 is 2.55 bits per heavy atom. The summed E-state index contributed by atoms with van der Waals surface area (Å²) in [5, 5.41) is 6.89. The van der Waals surface area contributed by atoms with Gasteiger partial charge >= 0.3 is 0 Å². The van der Waals surface area contributed by atoms with Crippen LogP contribution in [0.4, 0.5) is 10.8 Å². The molecule has 3 rings (SSSR count). The van der Waals surface area contributed by atoms with Crippen LogP contribution in [0.2, 0.25) is 0 Å². The number of hydrogen-bond donors (Lipinski definition) is 2. The Balaban J connectivity index is 1.91. The van der Waals surface area contributed by atoms with Gasteiger partial charge in [-0.25, -0.2) is 4.98 Å². The normalized spacial score (nSPS) is 10.7. The van der Waals surface area contributed by atoms with Crippen LogP contribution in [0.15, 0.2) is 36.4 Å². The second-order valence-electron chi connectivity index (χ2n) is 5.17. The number of fused-ring (bicyclic) bond motifs is 1. The van der Waals surface area contributed by atoms with Crippen molar-refractivity contribution in [3.05, 3.63) is 53.1 Å². The van der Waals surface area contributed by atoms with E-state index in [0.29, 0.717) is 5.56 Å². The number of rotatable bonds is 3. The summed E-state index contributed by atoms with van der Waals surface area (Å²) < 4.78 is 0.999. The first kappa shape index (κ1) is 14.5. The Morgan fingerprint density at radius 2 is 1.86 bits per heavy atom. The minimum atomic E-state index is -0.0984. The van der Waals surface area contributed by atoms with E-state index in [0.717, 1.165) is 32.2 Å². The largest absolute Gasteiger partial charge is 0.365 e. The number of hydrogen-bond acceptors (Lipinski definition) is 4. The molecular weight excluding hydrogens is 294 g/mol. The molecule has 2 N–H and O–H groups in total. The fourth-order valence-electron chi connectivity index (χ4n) is 2.37. The highest BCUT2D eigenvalue weighted by molar-refractivity contribution is 7.22. The molecule has 2 aromatic carbocycles. The number of carbonyl (C=O) groups is 1. The number of aromatic nitrogens is 1. The molecular formula is C17H17N3OS. The van der Waals surface area contributed by atoms with Gasteiger partial charge in [-0.05, 0) is 43.2 Å². The summed E-state index contributed by atoms with van der Waals surface area (Å²) in [5.74, 6) is -0.0984. The molecule has 5 heteroatoms. The van der Waals surface area contributed by atoms with Crippen LogP contribution < -0.4 is 10.6 Å². The van der Waals surface area contributed by atoms with E-state index in [4.69, 9.17) is 0 Å². The summed E-state index contributed by atoms with van der Waals surface area (Å²) in [6.45, 7) is 3.99. The number of benzene rings is 2. The second-order valence-corrected chi connectivity index (χ2v) is 6.20. The number of amides is 1. The van der Waals surface area contributed by atoms with Gasteiger partial charge in [-0.3, -0.25) is 4.79 Å². The summed E-state index contributed by atoms with van der Waals surface area (Å²) in [5.41, 5.74) is 4.54. The van der Waals surface area contributed by atoms with Gasteiger partial charge in [0.2, 0.25) is 0 Å². The van der Waals surface area contributed by atoms with Crippen molar-refractivity contribution in [2.45, 2.75) is 13.8 Å². The number of para-hydroxylation sites is 1. The molecule has 1 heterocycles. The Morgan fingerprint density at radius 1 is 1.14 bits per heavy atom. The number of nitrogens with zero attached hydrogens (tertiary/aromatic N) is 1. The molecule has 4 nitrogen and oxygen atoms in total. The number of carbonyl (C=O) groups excluding carboxylic acids is 1. The van der Waals surface area contributed by atoms with Crippen molar-refractivity contribution in [1.29, 1.82) is 0 Å². The predicted molar refractivity (Wildman–Crippen MR) is 93.0 cm³/mol. The molecule has 0 radical (unpaired) electrons. The zero-order valence-electron chi connectivity index (χ0n) is 12.7. The smallest absolute Gasteiger partial charge is 0.255 e.